The molecule has 33 heavy (non-hydrogen) atoms. The van der Waals surface area contributed by atoms with Crippen molar-refractivity contribution in [2.24, 2.45) is 5.92 Å². The third-order valence-corrected chi connectivity index (χ3v) is 6.36. The zero-order chi connectivity index (χ0) is 24.4. The smallest absolute Gasteiger partial charge is 0.306 e. The van der Waals surface area contributed by atoms with Gasteiger partial charge in [0, 0.05) is 12.8 Å². The van der Waals surface area contributed by atoms with Crippen LogP contribution in [0.15, 0.2) is 0 Å². The summed E-state index contributed by atoms with van der Waals surface area (Å²) in [6.45, 7) is 7.68. The van der Waals surface area contributed by atoms with Crippen molar-refractivity contribution in [2.45, 2.75) is 156 Å². The molecule has 0 aromatic carbocycles. The second-order valence-electron chi connectivity index (χ2n) is 9.95. The summed E-state index contributed by atoms with van der Waals surface area (Å²) in [4.78, 5) is 23.4. The molecular formula is C29H56O4. The Labute approximate surface area is 206 Å². The van der Waals surface area contributed by atoms with E-state index in [1.165, 1.54) is 64.2 Å². The first-order valence-electron chi connectivity index (χ1n) is 14.4. The van der Waals surface area contributed by atoms with Gasteiger partial charge in [-0.1, -0.05) is 124 Å². The van der Waals surface area contributed by atoms with Gasteiger partial charge in [0.2, 0.25) is 0 Å². The topological polar surface area (TPSA) is 52.6 Å². The molecule has 0 bridgehead atoms. The number of hydrogen-bond donors (Lipinski definition) is 0. The molecule has 0 fully saturated rings. The Hall–Kier alpha value is -1.06. The Kier molecular flexibility index (Phi) is 24.7. The second kappa shape index (κ2) is 25.6. The summed E-state index contributed by atoms with van der Waals surface area (Å²) < 4.78 is 10.5. The number of esters is 2. The number of carbonyl (C=O) groups is 2. The lowest BCUT2D eigenvalue weighted by Gasteiger charge is -2.11. The molecular weight excluding hydrogens is 412 g/mol. The molecule has 1 atom stereocenters. The lowest BCUT2D eigenvalue weighted by molar-refractivity contribution is -0.145. The van der Waals surface area contributed by atoms with Crippen molar-refractivity contribution < 1.29 is 19.1 Å². The van der Waals surface area contributed by atoms with E-state index in [0.29, 0.717) is 32.0 Å². The third kappa shape index (κ3) is 25.4. The highest BCUT2D eigenvalue weighted by Crippen LogP contribution is 2.17. The highest BCUT2D eigenvalue weighted by molar-refractivity contribution is 5.69. The van der Waals surface area contributed by atoms with Gasteiger partial charge in [0.05, 0.1) is 13.2 Å². The molecule has 0 saturated heterocycles. The van der Waals surface area contributed by atoms with Gasteiger partial charge in [0.25, 0.3) is 0 Å². The molecule has 0 amide bonds. The normalized spacial score (nSPS) is 12.0. The molecule has 0 saturated carbocycles. The predicted octanol–water partition coefficient (Wildman–Crippen LogP) is 8.94. The van der Waals surface area contributed by atoms with Crippen molar-refractivity contribution in [1.29, 1.82) is 0 Å². The first kappa shape index (κ1) is 31.9. The first-order chi connectivity index (χ1) is 16.1. The molecule has 0 radical (unpaired) electrons. The third-order valence-electron chi connectivity index (χ3n) is 6.36. The van der Waals surface area contributed by atoms with Gasteiger partial charge in [-0.15, -0.1) is 0 Å². The predicted molar refractivity (Wildman–Crippen MR) is 139 cm³/mol. The maximum atomic E-state index is 11.8. The Bertz CT molecular complexity index is 435. The standard InChI is InChI=1S/C29H56O4/c1-4-6-20-24-32-28(30)23-19-17-15-13-11-9-8-10-12-14-16-18-22-27(3)26-29(31)33-25-21-7-5-2/h27H,4-26H2,1-3H3. The van der Waals surface area contributed by atoms with Crippen LogP contribution in [-0.4, -0.2) is 25.2 Å². The van der Waals surface area contributed by atoms with Crippen LogP contribution in [0, 0.1) is 5.92 Å². The highest BCUT2D eigenvalue weighted by atomic mass is 16.5. The van der Waals surface area contributed by atoms with Gasteiger partial charge < -0.3 is 9.47 Å². The van der Waals surface area contributed by atoms with E-state index in [4.69, 9.17) is 9.47 Å². The summed E-state index contributed by atoms with van der Waals surface area (Å²) in [5.74, 6) is 0.417. The van der Waals surface area contributed by atoms with Crippen molar-refractivity contribution in [3.05, 3.63) is 0 Å². The van der Waals surface area contributed by atoms with Crippen molar-refractivity contribution in [1.82, 2.24) is 0 Å². The zero-order valence-corrected chi connectivity index (χ0v) is 22.5. The van der Waals surface area contributed by atoms with E-state index in [1.54, 1.807) is 0 Å². The van der Waals surface area contributed by atoms with Gasteiger partial charge >= 0.3 is 11.9 Å². The van der Waals surface area contributed by atoms with E-state index in [0.717, 1.165) is 57.8 Å². The fourth-order valence-electron chi connectivity index (χ4n) is 4.12. The van der Waals surface area contributed by atoms with Crippen molar-refractivity contribution in [3.63, 3.8) is 0 Å². The number of unbranched alkanes of at least 4 members (excludes halogenated alkanes) is 15. The van der Waals surface area contributed by atoms with Crippen LogP contribution in [0.4, 0.5) is 0 Å². The molecule has 1 unspecified atom stereocenters. The molecule has 0 spiro atoms. The maximum Gasteiger partial charge on any atom is 0.306 e. The lowest BCUT2D eigenvalue weighted by atomic mass is 9.99. The van der Waals surface area contributed by atoms with Crippen LogP contribution in [0.1, 0.15) is 156 Å². The molecule has 0 heterocycles. The highest BCUT2D eigenvalue weighted by Gasteiger charge is 2.10. The molecule has 0 N–H and O–H groups in total. The Morgan fingerprint density at radius 2 is 0.970 bits per heavy atom. The van der Waals surface area contributed by atoms with Crippen LogP contribution in [0.5, 0.6) is 0 Å². The maximum absolute atomic E-state index is 11.8. The van der Waals surface area contributed by atoms with E-state index in [2.05, 4.69) is 20.8 Å². The van der Waals surface area contributed by atoms with Crippen molar-refractivity contribution >= 4 is 11.9 Å². The molecule has 0 aliphatic heterocycles. The SMILES string of the molecule is CCCCCOC(=O)CCCCCCCCCCCCCCC(C)CC(=O)OCCCCC. The quantitative estimate of drug-likeness (QED) is 0.0991. The molecule has 4 nitrogen and oxygen atoms in total. The summed E-state index contributed by atoms with van der Waals surface area (Å²) in [6, 6.07) is 0. The molecule has 0 aromatic heterocycles. The van der Waals surface area contributed by atoms with Gasteiger partial charge in [0.15, 0.2) is 0 Å². The molecule has 4 heteroatoms. The molecule has 0 rings (SSSR count). The molecule has 0 aliphatic carbocycles. The van der Waals surface area contributed by atoms with Crippen molar-refractivity contribution in [2.75, 3.05) is 13.2 Å². The van der Waals surface area contributed by atoms with Gasteiger partial charge in [-0.05, 0) is 25.2 Å². The minimum absolute atomic E-state index is 0.0131. The summed E-state index contributed by atoms with van der Waals surface area (Å²) in [6.07, 6.45) is 24.1. The molecule has 0 aromatic rings. The summed E-state index contributed by atoms with van der Waals surface area (Å²) in [5, 5.41) is 0. The van der Waals surface area contributed by atoms with Gasteiger partial charge in [-0.2, -0.15) is 0 Å². The average Bonchev–Trinajstić information content (AvgIpc) is 2.79. The summed E-state index contributed by atoms with van der Waals surface area (Å²) in [5.41, 5.74) is 0. The van der Waals surface area contributed by atoms with Gasteiger partial charge in [-0.25, -0.2) is 0 Å². The minimum atomic E-state index is -0.0149. The summed E-state index contributed by atoms with van der Waals surface area (Å²) >= 11 is 0. The fourth-order valence-corrected chi connectivity index (χ4v) is 4.12. The van der Waals surface area contributed by atoms with Crippen LogP contribution in [0.3, 0.4) is 0 Å². The minimum Gasteiger partial charge on any atom is -0.466 e. The van der Waals surface area contributed by atoms with E-state index >= 15 is 0 Å². The monoisotopic (exact) mass is 468 g/mol. The van der Waals surface area contributed by atoms with Crippen LogP contribution < -0.4 is 0 Å². The van der Waals surface area contributed by atoms with E-state index in [-0.39, 0.29) is 11.9 Å². The largest absolute Gasteiger partial charge is 0.466 e. The Morgan fingerprint density at radius 1 is 0.545 bits per heavy atom. The number of rotatable bonds is 25. The Balaban J connectivity index is 3.27. The van der Waals surface area contributed by atoms with Gasteiger partial charge in [0.1, 0.15) is 0 Å². The lowest BCUT2D eigenvalue weighted by Crippen LogP contribution is -2.10. The number of hydrogen-bond acceptors (Lipinski definition) is 4. The molecule has 0 aliphatic rings. The van der Waals surface area contributed by atoms with Crippen LogP contribution in [0.2, 0.25) is 0 Å². The first-order valence-corrected chi connectivity index (χ1v) is 14.4. The zero-order valence-electron chi connectivity index (χ0n) is 22.5. The van der Waals surface area contributed by atoms with Gasteiger partial charge in [-0.3, -0.25) is 9.59 Å². The van der Waals surface area contributed by atoms with E-state index in [1.807, 2.05) is 0 Å². The fraction of sp³-hybridized carbons (Fsp3) is 0.931. The second-order valence-corrected chi connectivity index (χ2v) is 9.95. The van der Waals surface area contributed by atoms with E-state index < -0.39 is 0 Å². The number of carbonyl (C=O) groups excluding carboxylic acids is 2. The van der Waals surface area contributed by atoms with E-state index in [9.17, 15) is 9.59 Å². The average molecular weight is 469 g/mol. The Morgan fingerprint density at radius 3 is 1.45 bits per heavy atom. The van der Waals surface area contributed by atoms with Crippen LogP contribution >= 0.6 is 0 Å². The van der Waals surface area contributed by atoms with Crippen LogP contribution in [-0.2, 0) is 19.1 Å². The molecule has 196 valence electrons. The van der Waals surface area contributed by atoms with Crippen LogP contribution in [0.25, 0.3) is 0 Å². The summed E-state index contributed by atoms with van der Waals surface area (Å²) in [7, 11) is 0. The number of ether oxygens (including phenoxy) is 2. The van der Waals surface area contributed by atoms with Crippen molar-refractivity contribution in [3.8, 4) is 0 Å².